The predicted octanol–water partition coefficient (Wildman–Crippen LogP) is 4.53. The zero-order chi connectivity index (χ0) is 21.8. The van der Waals surface area contributed by atoms with E-state index in [1.807, 2.05) is 13.0 Å². The molecule has 2 aromatic carbocycles. The molecule has 1 atom stereocenters. The van der Waals surface area contributed by atoms with Gasteiger partial charge in [0.1, 0.15) is 12.0 Å². The van der Waals surface area contributed by atoms with Crippen LogP contribution in [0.3, 0.4) is 0 Å². The number of anilines is 2. The summed E-state index contributed by atoms with van der Waals surface area (Å²) in [4.78, 5) is 17.9. The number of nitrogen functional groups attached to an aromatic ring is 1. The summed E-state index contributed by atoms with van der Waals surface area (Å²) in [6, 6.07) is 10.00. The Kier molecular flexibility index (Phi) is 6.88. The lowest BCUT2D eigenvalue weighted by Crippen LogP contribution is -2.42. The van der Waals surface area contributed by atoms with E-state index in [4.69, 9.17) is 10.5 Å². The van der Waals surface area contributed by atoms with Crippen LogP contribution in [0.25, 0.3) is 0 Å². The summed E-state index contributed by atoms with van der Waals surface area (Å²) in [5.74, 6) is -0.406. The van der Waals surface area contributed by atoms with E-state index in [1.165, 1.54) is 32.0 Å². The van der Waals surface area contributed by atoms with Crippen LogP contribution in [0.2, 0.25) is 0 Å². The highest BCUT2D eigenvalue weighted by Crippen LogP contribution is 2.33. The van der Waals surface area contributed by atoms with E-state index < -0.39 is 0 Å². The number of carbonyl (C=O) groups is 1. The third-order valence-electron chi connectivity index (χ3n) is 6.31. The summed E-state index contributed by atoms with van der Waals surface area (Å²) in [6.45, 7) is 5.85. The lowest BCUT2D eigenvalue weighted by molar-refractivity contribution is 0.0371. The Morgan fingerprint density at radius 1 is 1.16 bits per heavy atom. The fourth-order valence-electron chi connectivity index (χ4n) is 4.71. The van der Waals surface area contributed by atoms with Crippen molar-refractivity contribution < 1.29 is 13.9 Å². The Hall–Kier alpha value is -2.44. The van der Waals surface area contributed by atoms with Gasteiger partial charge >= 0.3 is 0 Å². The van der Waals surface area contributed by atoms with E-state index in [0.29, 0.717) is 17.9 Å². The van der Waals surface area contributed by atoms with Gasteiger partial charge in [-0.05, 0) is 106 Å². The highest BCUT2D eigenvalue weighted by molar-refractivity contribution is 6.08. The van der Waals surface area contributed by atoms with Gasteiger partial charge in [0, 0.05) is 17.8 Å². The number of nitrogens with zero attached hydrogens (tertiary/aromatic N) is 2. The van der Waals surface area contributed by atoms with Crippen LogP contribution in [0.1, 0.15) is 53.6 Å². The van der Waals surface area contributed by atoms with Crippen molar-refractivity contribution in [2.24, 2.45) is 0 Å². The molecule has 2 aliphatic rings. The number of nitrogens with two attached hydrogens (primary N) is 1. The summed E-state index contributed by atoms with van der Waals surface area (Å²) in [7, 11) is 0. The Bertz CT molecular complexity index is 927. The molecule has 1 fully saturated rings. The third-order valence-corrected chi connectivity index (χ3v) is 6.31. The van der Waals surface area contributed by atoms with Crippen LogP contribution in [-0.4, -0.2) is 43.3 Å². The maximum atomic E-state index is 13.9. The molecule has 1 unspecified atom stereocenters. The van der Waals surface area contributed by atoms with Crippen LogP contribution in [0, 0.1) is 12.7 Å². The molecule has 6 heteroatoms. The zero-order valence-corrected chi connectivity index (χ0v) is 18.3. The molecular formula is C25H32FN3O2. The van der Waals surface area contributed by atoms with Crippen LogP contribution < -0.4 is 10.6 Å². The van der Waals surface area contributed by atoms with Gasteiger partial charge in [0.2, 0.25) is 0 Å². The predicted molar refractivity (Wildman–Crippen MR) is 122 cm³/mol. The van der Waals surface area contributed by atoms with Crippen molar-refractivity contribution in [2.45, 2.75) is 51.7 Å². The maximum absolute atomic E-state index is 13.9. The topological polar surface area (TPSA) is 58.8 Å². The molecule has 2 aliphatic heterocycles. The fraction of sp³-hybridized carbons (Fsp3) is 0.480. The van der Waals surface area contributed by atoms with Crippen molar-refractivity contribution in [3.05, 3.63) is 58.9 Å². The van der Waals surface area contributed by atoms with E-state index in [0.717, 1.165) is 49.0 Å². The van der Waals surface area contributed by atoms with Gasteiger partial charge in [0.15, 0.2) is 0 Å². The number of likely N-dealkylation sites (tertiary alicyclic amines) is 1. The molecule has 0 radical (unpaired) electrons. The molecule has 2 N–H and O–H groups in total. The highest BCUT2D eigenvalue weighted by atomic mass is 19.1. The first-order chi connectivity index (χ1) is 15.0. The number of halogens is 1. The van der Waals surface area contributed by atoms with Crippen molar-refractivity contribution in [1.29, 1.82) is 0 Å². The number of ether oxygens (including phenoxy) is 1. The minimum absolute atomic E-state index is 0.128. The summed E-state index contributed by atoms with van der Waals surface area (Å²) in [5, 5.41) is 0. The molecule has 2 heterocycles. The molecule has 1 amide bonds. The average Bonchev–Trinajstić information content (AvgIpc) is 3.19. The minimum Gasteiger partial charge on any atom is -0.399 e. The zero-order valence-electron chi connectivity index (χ0n) is 18.3. The van der Waals surface area contributed by atoms with E-state index in [9.17, 15) is 9.18 Å². The second-order valence-corrected chi connectivity index (χ2v) is 8.64. The third kappa shape index (κ3) is 5.08. The molecular weight excluding hydrogens is 393 g/mol. The molecule has 0 aromatic heterocycles. The number of benzene rings is 2. The molecule has 1 saturated heterocycles. The first-order valence-electron chi connectivity index (χ1n) is 11.3. The molecule has 0 spiro atoms. The number of hydrogen-bond donors (Lipinski definition) is 1. The molecule has 0 bridgehead atoms. The average molecular weight is 426 g/mol. The van der Waals surface area contributed by atoms with Crippen molar-refractivity contribution in [1.82, 2.24) is 4.90 Å². The number of fused-ring (bicyclic) bond motifs is 1. The van der Waals surface area contributed by atoms with Gasteiger partial charge in [-0.2, -0.15) is 0 Å². The van der Waals surface area contributed by atoms with Gasteiger partial charge in [-0.1, -0.05) is 0 Å². The van der Waals surface area contributed by atoms with E-state index >= 15 is 0 Å². The number of aryl methyl sites for hydroxylation is 2. The van der Waals surface area contributed by atoms with E-state index in [-0.39, 0.29) is 18.0 Å². The van der Waals surface area contributed by atoms with Crippen molar-refractivity contribution in [3.63, 3.8) is 0 Å². The van der Waals surface area contributed by atoms with Crippen molar-refractivity contribution in [2.75, 3.05) is 36.9 Å². The molecule has 4 rings (SSSR count). The van der Waals surface area contributed by atoms with Crippen molar-refractivity contribution >= 4 is 17.3 Å². The van der Waals surface area contributed by atoms with Crippen LogP contribution in [0.4, 0.5) is 15.8 Å². The lowest BCUT2D eigenvalue weighted by atomic mass is 10.0. The minimum atomic E-state index is -0.366. The summed E-state index contributed by atoms with van der Waals surface area (Å²) < 4.78 is 20.2. The molecule has 0 saturated carbocycles. The quantitative estimate of drug-likeness (QED) is 0.546. The smallest absolute Gasteiger partial charge is 0.260 e. The fourth-order valence-corrected chi connectivity index (χ4v) is 4.71. The van der Waals surface area contributed by atoms with Crippen LogP contribution in [-0.2, 0) is 11.2 Å². The molecule has 2 aromatic rings. The normalized spacial score (nSPS) is 19.3. The highest BCUT2D eigenvalue weighted by Gasteiger charge is 2.31. The van der Waals surface area contributed by atoms with Crippen LogP contribution in [0.5, 0.6) is 0 Å². The SMILES string of the molecule is Cc1cc(N)ccc1C(=O)N1c2ccc(F)cc2CCCC1OCCCN1CCCC1. The van der Waals surface area contributed by atoms with Gasteiger partial charge in [-0.25, -0.2) is 4.39 Å². The lowest BCUT2D eigenvalue weighted by Gasteiger charge is -2.32. The number of carbonyl (C=O) groups excluding carboxylic acids is 1. The van der Waals surface area contributed by atoms with Crippen LogP contribution in [0.15, 0.2) is 36.4 Å². The monoisotopic (exact) mass is 425 g/mol. The van der Waals surface area contributed by atoms with Gasteiger partial charge < -0.3 is 15.4 Å². The standard InChI is InChI=1S/C25H32FN3O2/c1-18-16-21(27)9-10-22(18)25(30)29-23-11-8-20(26)17-19(23)6-4-7-24(29)31-15-5-14-28-12-2-3-13-28/h8-11,16-17,24H,2-7,12-15,27H2,1H3. The van der Waals surface area contributed by atoms with Gasteiger partial charge in [-0.15, -0.1) is 0 Å². The Morgan fingerprint density at radius 2 is 1.97 bits per heavy atom. The largest absolute Gasteiger partial charge is 0.399 e. The van der Waals surface area contributed by atoms with Crippen LogP contribution >= 0.6 is 0 Å². The summed E-state index contributed by atoms with van der Waals surface area (Å²) in [6.07, 6.45) is 5.42. The first kappa shape index (κ1) is 21.8. The van der Waals surface area contributed by atoms with Crippen molar-refractivity contribution in [3.8, 4) is 0 Å². The van der Waals surface area contributed by atoms with Gasteiger partial charge in [-0.3, -0.25) is 9.69 Å². The Balaban J connectivity index is 1.57. The second-order valence-electron chi connectivity index (χ2n) is 8.64. The Labute approximate surface area is 184 Å². The number of rotatable bonds is 6. The van der Waals surface area contributed by atoms with E-state index in [1.54, 1.807) is 29.2 Å². The second kappa shape index (κ2) is 9.79. The maximum Gasteiger partial charge on any atom is 0.260 e. The molecule has 31 heavy (non-hydrogen) atoms. The molecule has 0 aliphatic carbocycles. The van der Waals surface area contributed by atoms with E-state index in [2.05, 4.69) is 4.90 Å². The summed E-state index contributed by atoms with van der Waals surface area (Å²) >= 11 is 0. The van der Waals surface area contributed by atoms with Gasteiger partial charge in [0.25, 0.3) is 5.91 Å². The Morgan fingerprint density at radius 3 is 2.74 bits per heavy atom. The summed E-state index contributed by atoms with van der Waals surface area (Å²) in [5.41, 5.74) is 9.53. The van der Waals surface area contributed by atoms with Gasteiger partial charge in [0.05, 0.1) is 12.3 Å². The first-order valence-corrected chi connectivity index (χ1v) is 11.3. The number of hydrogen-bond acceptors (Lipinski definition) is 4. The molecule has 166 valence electrons. The number of amides is 1. The molecule has 5 nitrogen and oxygen atoms in total.